The zero-order valence-corrected chi connectivity index (χ0v) is 9.47. The van der Waals surface area contributed by atoms with Crippen molar-refractivity contribution >= 4 is 0 Å². The van der Waals surface area contributed by atoms with Gasteiger partial charge in [0, 0.05) is 23.7 Å². The molecule has 0 spiro atoms. The highest BCUT2D eigenvalue weighted by Crippen LogP contribution is 2.49. The quantitative estimate of drug-likeness (QED) is 0.735. The van der Waals surface area contributed by atoms with Crippen LogP contribution in [0, 0.1) is 5.41 Å². The van der Waals surface area contributed by atoms with Crippen molar-refractivity contribution in [3.05, 3.63) is 30.6 Å². The molecule has 1 aliphatic carbocycles. The fourth-order valence-electron chi connectivity index (χ4n) is 2.33. The summed E-state index contributed by atoms with van der Waals surface area (Å²) in [6.45, 7) is 4.87. The average Bonchev–Trinajstić information content (AvgIpc) is 2.66. The summed E-state index contributed by atoms with van der Waals surface area (Å²) in [6, 6.07) is 0. The van der Waals surface area contributed by atoms with Gasteiger partial charge in [0.1, 0.15) is 0 Å². The van der Waals surface area contributed by atoms with E-state index in [-0.39, 0.29) is 5.41 Å². The Morgan fingerprint density at radius 1 is 1.69 bits per heavy atom. The molecule has 1 heterocycles. The third-order valence-electron chi connectivity index (χ3n) is 3.62. The number of hydrogen-bond acceptors (Lipinski definition) is 3. The van der Waals surface area contributed by atoms with E-state index in [1.807, 2.05) is 6.20 Å². The minimum absolute atomic E-state index is 0.109. The highest BCUT2D eigenvalue weighted by Gasteiger charge is 2.43. The van der Waals surface area contributed by atoms with Crippen molar-refractivity contribution in [3.8, 4) is 0 Å². The lowest BCUT2D eigenvalue weighted by atomic mass is 9.64. The van der Waals surface area contributed by atoms with Gasteiger partial charge in [-0.25, -0.2) is 0 Å². The Kier molecular flexibility index (Phi) is 3.12. The molecule has 3 N–H and O–H groups in total. The number of rotatable bonds is 5. The molecular formula is C12H19N3O. The maximum Gasteiger partial charge on any atom is 0.0888 e. The molecule has 4 heteroatoms. The summed E-state index contributed by atoms with van der Waals surface area (Å²) >= 11 is 0. The second kappa shape index (κ2) is 4.39. The van der Waals surface area contributed by atoms with E-state index in [1.54, 1.807) is 17.0 Å². The molecule has 0 radical (unpaired) electrons. The van der Waals surface area contributed by atoms with Crippen LogP contribution in [0.5, 0.6) is 0 Å². The van der Waals surface area contributed by atoms with Gasteiger partial charge in [-0.05, 0) is 12.8 Å². The molecule has 1 aromatic rings. The lowest BCUT2D eigenvalue weighted by Gasteiger charge is -2.44. The molecule has 0 amide bonds. The predicted octanol–water partition coefficient (Wildman–Crippen LogP) is 1.23. The highest BCUT2D eigenvalue weighted by molar-refractivity contribution is 5.14. The van der Waals surface area contributed by atoms with Gasteiger partial charge in [0.15, 0.2) is 0 Å². The highest BCUT2D eigenvalue weighted by atomic mass is 16.3. The van der Waals surface area contributed by atoms with Gasteiger partial charge >= 0.3 is 0 Å². The van der Waals surface area contributed by atoms with Gasteiger partial charge in [0.05, 0.1) is 18.8 Å². The van der Waals surface area contributed by atoms with Crippen LogP contribution in [-0.2, 0) is 6.54 Å². The zero-order chi connectivity index (χ0) is 11.6. The third-order valence-corrected chi connectivity index (χ3v) is 3.62. The first-order chi connectivity index (χ1) is 7.72. The summed E-state index contributed by atoms with van der Waals surface area (Å²) < 4.78 is 1.77. The Labute approximate surface area is 95.8 Å². The van der Waals surface area contributed by atoms with Gasteiger partial charge in [-0.1, -0.05) is 12.5 Å². The first-order valence-corrected chi connectivity index (χ1v) is 5.73. The fourth-order valence-corrected chi connectivity index (χ4v) is 2.33. The van der Waals surface area contributed by atoms with Crippen molar-refractivity contribution < 1.29 is 5.11 Å². The van der Waals surface area contributed by atoms with Crippen LogP contribution in [0.4, 0.5) is 0 Å². The van der Waals surface area contributed by atoms with Crippen molar-refractivity contribution in [2.45, 2.75) is 31.9 Å². The van der Waals surface area contributed by atoms with E-state index in [0.717, 1.165) is 24.8 Å². The smallest absolute Gasteiger partial charge is 0.0888 e. The topological polar surface area (TPSA) is 64.1 Å². The van der Waals surface area contributed by atoms with Crippen molar-refractivity contribution in [1.29, 1.82) is 0 Å². The molecule has 0 aromatic carbocycles. The monoisotopic (exact) mass is 221 g/mol. The number of nitrogens with zero attached hydrogens (tertiary/aromatic N) is 2. The summed E-state index contributed by atoms with van der Waals surface area (Å²) in [5.41, 5.74) is 6.53. The lowest BCUT2D eigenvalue weighted by Crippen LogP contribution is -2.42. The zero-order valence-electron chi connectivity index (χ0n) is 9.47. The van der Waals surface area contributed by atoms with Crippen LogP contribution in [0.15, 0.2) is 25.0 Å². The van der Waals surface area contributed by atoms with Gasteiger partial charge < -0.3 is 10.8 Å². The lowest BCUT2D eigenvalue weighted by molar-refractivity contribution is -0.0297. The number of allylic oxidation sites excluding steroid dienone is 1. The number of nitrogens with two attached hydrogens (primary N) is 1. The van der Waals surface area contributed by atoms with Crippen LogP contribution in [0.2, 0.25) is 0 Å². The number of hydrogen-bond donors (Lipinski definition) is 2. The number of aliphatic hydroxyl groups is 1. The van der Waals surface area contributed by atoms with Gasteiger partial charge in [0.25, 0.3) is 0 Å². The standard InChI is InChI=1S/C12H19N3O/c1-2-6-15-8-10(7-14-15)11(16)12(9-13)4-3-5-12/h2,7-8,11,16H,1,3-6,9,13H2. The molecule has 16 heavy (non-hydrogen) atoms. The summed E-state index contributed by atoms with van der Waals surface area (Å²) in [7, 11) is 0. The first kappa shape index (κ1) is 11.4. The molecular weight excluding hydrogens is 202 g/mol. The second-order valence-corrected chi connectivity index (χ2v) is 4.61. The van der Waals surface area contributed by atoms with Gasteiger partial charge in [-0.3, -0.25) is 4.68 Å². The number of aliphatic hydroxyl groups excluding tert-OH is 1. The Morgan fingerprint density at radius 2 is 2.44 bits per heavy atom. The molecule has 1 aliphatic rings. The Morgan fingerprint density at radius 3 is 2.94 bits per heavy atom. The summed E-state index contributed by atoms with van der Waals surface area (Å²) in [5, 5.41) is 14.5. The van der Waals surface area contributed by atoms with Crippen LogP contribution in [0.1, 0.15) is 30.9 Å². The first-order valence-electron chi connectivity index (χ1n) is 5.73. The molecule has 1 unspecified atom stereocenters. The van der Waals surface area contributed by atoms with Gasteiger partial charge in [-0.15, -0.1) is 6.58 Å². The SMILES string of the molecule is C=CCn1cc(C(O)C2(CN)CCC2)cn1. The molecule has 0 saturated heterocycles. The molecule has 1 fully saturated rings. The molecule has 1 saturated carbocycles. The molecule has 4 nitrogen and oxygen atoms in total. The third kappa shape index (κ3) is 1.79. The summed E-state index contributed by atoms with van der Waals surface area (Å²) in [6.07, 6.45) is 8.09. The normalized spacial score (nSPS) is 20.1. The molecule has 1 aromatic heterocycles. The molecule has 1 atom stereocenters. The van der Waals surface area contributed by atoms with E-state index in [4.69, 9.17) is 5.73 Å². The molecule has 2 rings (SSSR count). The van der Waals surface area contributed by atoms with E-state index >= 15 is 0 Å². The molecule has 0 aliphatic heterocycles. The molecule has 88 valence electrons. The Bertz CT molecular complexity index is 363. The van der Waals surface area contributed by atoms with Gasteiger partial charge in [0.2, 0.25) is 0 Å². The Hall–Kier alpha value is -1.13. The van der Waals surface area contributed by atoms with Crippen molar-refractivity contribution in [2.75, 3.05) is 6.54 Å². The van der Waals surface area contributed by atoms with E-state index in [1.165, 1.54) is 0 Å². The minimum atomic E-state index is -0.482. The van der Waals surface area contributed by atoms with Crippen molar-refractivity contribution in [1.82, 2.24) is 9.78 Å². The number of aromatic nitrogens is 2. The fraction of sp³-hybridized carbons (Fsp3) is 0.583. The van der Waals surface area contributed by atoms with Gasteiger partial charge in [-0.2, -0.15) is 5.10 Å². The maximum absolute atomic E-state index is 10.3. The van der Waals surface area contributed by atoms with Crippen LogP contribution < -0.4 is 5.73 Å². The van der Waals surface area contributed by atoms with E-state index < -0.39 is 6.10 Å². The minimum Gasteiger partial charge on any atom is -0.388 e. The van der Waals surface area contributed by atoms with E-state index in [2.05, 4.69) is 11.7 Å². The van der Waals surface area contributed by atoms with E-state index in [9.17, 15) is 5.11 Å². The van der Waals surface area contributed by atoms with Crippen molar-refractivity contribution in [3.63, 3.8) is 0 Å². The van der Waals surface area contributed by atoms with Crippen molar-refractivity contribution in [2.24, 2.45) is 11.1 Å². The van der Waals surface area contributed by atoms with Crippen LogP contribution in [0.25, 0.3) is 0 Å². The predicted molar refractivity (Wildman–Crippen MR) is 62.7 cm³/mol. The summed E-state index contributed by atoms with van der Waals surface area (Å²) in [4.78, 5) is 0. The van der Waals surface area contributed by atoms with Crippen LogP contribution in [0.3, 0.4) is 0 Å². The second-order valence-electron chi connectivity index (χ2n) is 4.61. The average molecular weight is 221 g/mol. The maximum atomic E-state index is 10.3. The largest absolute Gasteiger partial charge is 0.388 e. The van der Waals surface area contributed by atoms with E-state index in [0.29, 0.717) is 13.1 Å². The molecule has 0 bridgehead atoms. The Balaban J connectivity index is 2.13. The van der Waals surface area contributed by atoms with Crippen LogP contribution >= 0.6 is 0 Å². The van der Waals surface area contributed by atoms with Crippen LogP contribution in [-0.4, -0.2) is 21.4 Å². The summed E-state index contributed by atoms with van der Waals surface area (Å²) in [5.74, 6) is 0.